The maximum absolute atomic E-state index is 11.8. The first kappa shape index (κ1) is 17.3. The van der Waals surface area contributed by atoms with Gasteiger partial charge >= 0.3 is 12.1 Å². The van der Waals surface area contributed by atoms with Crippen molar-refractivity contribution in [1.82, 2.24) is 0 Å². The van der Waals surface area contributed by atoms with Gasteiger partial charge in [0.25, 0.3) is 9.05 Å². The Labute approximate surface area is 140 Å². The van der Waals surface area contributed by atoms with Gasteiger partial charge in [-0.3, -0.25) is 5.32 Å². The summed E-state index contributed by atoms with van der Waals surface area (Å²) in [5.74, 6) is -0.505. The van der Waals surface area contributed by atoms with Crippen LogP contribution in [0.5, 0.6) is 5.06 Å². The molecule has 0 aliphatic carbocycles. The summed E-state index contributed by atoms with van der Waals surface area (Å²) < 4.78 is 32.1. The van der Waals surface area contributed by atoms with Crippen LogP contribution in [0, 0.1) is 0 Å². The van der Waals surface area contributed by atoms with E-state index in [0.29, 0.717) is 11.3 Å². The third kappa shape index (κ3) is 4.44. The standard InChI is InChI=1S/C13H10ClNO6S2/c1-20-11(16)8-2-4-9(5-3-8)15-13(17)21-12-10(6-7-22-12)23(14,18)19/h2-7H,1H3,(H,15,17). The number of ether oxygens (including phenoxy) is 2. The molecule has 2 rings (SSSR count). The fraction of sp³-hybridized carbons (Fsp3) is 0.0769. The Morgan fingerprint density at radius 1 is 1.17 bits per heavy atom. The van der Waals surface area contributed by atoms with E-state index in [9.17, 15) is 18.0 Å². The zero-order chi connectivity index (χ0) is 17.0. The van der Waals surface area contributed by atoms with Crippen LogP contribution in [0.15, 0.2) is 40.6 Å². The van der Waals surface area contributed by atoms with Crippen LogP contribution < -0.4 is 10.1 Å². The van der Waals surface area contributed by atoms with Crippen molar-refractivity contribution in [2.75, 3.05) is 12.4 Å². The van der Waals surface area contributed by atoms with Crippen molar-refractivity contribution in [2.45, 2.75) is 4.90 Å². The Balaban J connectivity index is 2.06. The highest BCUT2D eigenvalue weighted by atomic mass is 35.7. The monoisotopic (exact) mass is 375 g/mol. The first-order valence-corrected chi connectivity index (χ1v) is 9.19. The number of hydrogen-bond donors (Lipinski definition) is 1. The van der Waals surface area contributed by atoms with E-state index in [1.54, 1.807) is 0 Å². The number of rotatable bonds is 4. The number of esters is 1. The summed E-state index contributed by atoms with van der Waals surface area (Å²) in [5.41, 5.74) is 0.676. The van der Waals surface area contributed by atoms with Gasteiger partial charge in [0, 0.05) is 16.4 Å². The summed E-state index contributed by atoms with van der Waals surface area (Å²) in [6, 6.07) is 7.10. The Bertz CT molecular complexity index is 828. The molecule has 1 amide bonds. The molecule has 0 atom stereocenters. The molecular formula is C13H10ClNO6S2. The van der Waals surface area contributed by atoms with E-state index in [1.165, 1.54) is 42.8 Å². The van der Waals surface area contributed by atoms with Gasteiger partial charge in [-0.1, -0.05) is 0 Å². The van der Waals surface area contributed by atoms with Crippen LogP contribution in [0.25, 0.3) is 0 Å². The summed E-state index contributed by atoms with van der Waals surface area (Å²) in [6.07, 6.45) is -0.889. The highest BCUT2D eigenvalue weighted by Gasteiger charge is 2.20. The van der Waals surface area contributed by atoms with Crippen LogP contribution in [0.1, 0.15) is 10.4 Å². The normalized spacial score (nSPS) is 10.9. The van der Waals surface area contributed by atoms with Crippen molar-refractivity contribution >= 4 is 48.8 Å². The number of hydrogen-bond acceptors (Lipinski definition) is 7. The molecule has 0 spiro atoms. The maximum atomic E-state index is 11.8. The zero-order valence-corrected chi connectivity index (χ0v) is 14.0. The van der Waals surface area contributed by atoms with Crippen LogP contribution in [-0.4, -0.2) is 27.6 Å². The molecule has 0 fully saturated rings. The van der Waals surface area contributed by atoms with Gasteiger partial charge in [0.2, 0.25) is 5.06 Å². The van der Waals surface area contributed by atoms with Crippen molar-refractivity contribution in [3.8, 4) is 5.06 Å². The highest BCUT2D eigenvalue weighted by molar-refractivity contribution is 8.14. The topological polar surface area (TPSA) is 98.8 Å². The molecule has 1 aromatic carbocycles. The second kappa shape index (κ2) is 6.99. The Hall–Kier alpha value is -2.10. The van der Waals surface area contributed by atoms with Crippen molar-refractivity contribution < 1.29 is 27.5 Å². The highest BCUT2D eigenvalue weighted by Crippen LogP contribution is 2.32. The van der Waals surface area contributed by atoms with Crippen LogP contribution >= 0.6 is 22.0 Å². The van der Waals surface area contributed by atoms with E-state index in [2.05, 4.69) is 10.1 Å². The van der Waals surface area contributed by atoms with E-state index < -0.39 is 21.1 Å². The van der Waals surface area contributed by atoms with Crippen LogP contribution in [0.4, 0.5) is 10.5 Å². The summed E-state index contributed by atoms with van der Waals surface area (Å²) in [4.78, 5) is 22.8. The van der Waals surface area contributed by atoms with Crippen molar-refractivity contribution in [3.63, 3.8) is 0 Å². The minimum Gasteiger partial charge on any atom is -0.465 e. The molecule has 10 heteroatoms. The molecule has 0 aliphatic rings. The number of nitrogens with one attached hydrogen (secondary N) is 1. The van der Waals surface area contributed by atoms with Crippen molar-refractivity contribution in [1.29, 1.82) is 0 Å². The molecule has 1 heterocycles. The van der Waals surface area contributed by atoms with Gasteiger partial charge in [0.15, 0.2) is 0 Å². The number of amides is 1. The second-order valence-electron chi connectivity index (χ2n) is 4.09. The molecule has 0 bridgehead atoms. The third-order valence-corrected chi connectivity index (χ3v) is 4.86. The summed E-state index contributed by atoms with van der Waals surface area (Å²) in [7, 11) is 2.49. The van der Waals surface area contributed by atoms with Gasteiger partial charge in [-0.25, -0.2) is 18.0 Å². The fourth-order valence-corrected chi connectivity index (χ4v) is 3.74. The molecular weight excluding hydrogens is 366 g/mol. The molecule has 1 N–H and O–H groups in total. The van der Waals surface area contributed by atoms with E-state index in [1.807, 2.05) is 0 Å². The number of anilines is 1. The predicted molar refractivity (Wildman–Crippen MR) is 84.8 cm³/mol. The molecule has 0 radical (unpaired) electrons. The molecule has 0 saturated heterocycles. The van der Waals surface area contributed by atoms with E-state index in [0.717, 1.165) is 11.3 Å². The largest absolute Gasteiger partial charge is 0.465 e. The minimum atomic E-state index is -4.00. The first-order chi connectivity index (χ1) is 10.8. The quantitative estimate of drug-likeness (QED) is 0.651. The average Bonchev–Trinajstić information content (AvgIpc) is 2.95. The van der Waals surface area contributed by atoms with Gasteiger partial charge in [-0.2, -0.15) is 0 Å². The smallest absolute Gasteiger partial charge is 0.417 e. The maximum Gasteiger partial charge on any atom is 0.417 e. The molecule has 23 heavy (non-hydrogen) atoms. The molecule has 7 nitrogen and oxygen atoms in total. The van der Waals surface area contributed by atoms with Crippen LogP contribution in [0.3, 0.4) is 0 Å². The summed E-state index contributed by atoms with van der Waals surface area (Å²) >= 11 is 0.917. The lowest BCUT2D eigenvalue weighted by atomic mass is 10.2. The second-order valence-corrected chi connectivity index (χ2v) is 7.51. The Morgan fingerprint density at radius 2 is 1.83 bits per heavy atom. The lowest BCUT2D eigenvalue weighted by molar-refractivity contribution is 0.0600. The number of benzene rings is 1. The molecule has 122 valence electrons. The van der Waals surface area contributed by atoms with Gasteiger partial charge in [-0.05, 0) is 35.7 Å². The SMILES string of the molecule is COC(=O)c1ccc(NC(=O)Oc2sccc2S(=O)(=O)Cl)cc1. The third-order valence-electron chi connectivity index (χ3n) is 2.60. The molecule has 0 aliphatic heterocycles. The fourth-order valence-electron chi connectivity index (χ4n) is 1.57. The number of thiophene rings is 1. The lowest BCUT2D eigenvalue weighted by Gasteiger charge is -2.06. The van der Waals surface area contributed by atoms with Crippen molar-refractivity contribution in [3.05, 3.63) is 41.3 Å². The van der Waals surface area contributed by atoms with E-state index in [4.69, 9.17) is 15.4 Å². The van der Waals surface area contributed by atoms with Crippen LogP contribution in [0.2, 0.25) is 0 Å². The number of carbonyl (C=O) groups is 2. The van der Waals surface area contributed by atoms with E-state index >= 15 is 0 Å². The summed E-state index contributed by atoms with van der Waals surface area (Å²) in [5, 5.41) is 3.70. The van der Waals surface area contributed by atoms with E-state index in [-0.39, 0.29) is 9.96 Å². The number of methoxy groups -OCH3 is 1. The molecule has 0 saturated carbocycles. The molecule has 1 aromatic heterocycles. The lowest BCUT2D eigenvalue weighted by Crippen LogP contribution is -2.17. The minimum absolute atomic E-state index is 0.135. The van der Waals surface area contributed by atoms with Gasteiger partial charge < -0.3 is 9.47 Å². The zero-order valence-electron chi connectivity index (χ0n) is 11.6. The first-order valence-electron chi connectivity index (χ1n) is 6.00. The van der Waals surface area contributed by atoms with Crippen LogP contribution in [-0.2, 0) is 13.8 Å². The number of halogens is 1. The van der Waals surface area contributed by atoms with Crippen molar-refractivity contribution in [2.24, 2.45) is 0 Å². The number of carbonyl (C=O) groups excluding carboxylic acids is 2. The molecule has 2 aromatic rings. The predicted octanol–water partition coefficient (Wildman–Crippen LogP) is 3.07. The van der Waals surface area contributed by atoms with Gasteiger partial charge in [0.05, 0.1) is 12.7 Å². The summed E-state index contributed by atoms with van der Waals surface area (Å²) in [6.45, 7) is 0. The Morgan fingerprint density at radius 3 is 2.39 bits per heavy atom. The molecule has 0 unspecified atom stereocenters. The van der Waals surface area contributed by atoms with Gasteiger partial charge in [0.1, 0.15) is 4.90 Å². The average molecular weight is 376 g/mol. The Kier molecular flexibility index (Phi) is 5.24. The van der Waals surface area contributed by atoms with Gasteiger partial charge in [-0.15, -0.1) is 11.3 Å².